The molecule has 92 valence electrons. The zero-order valence-electron chi connectivity index (χ0n) is 10.0. The molecule has 0 aliphatic carbocycles. The van der Waals surface area contributed by atoms with Gasteiger partial charge < -0.3 is 16.0 Å². The molecule has 5 heteroatoms. The van der Waals surface area contributed by atoms with Crippen LogP contribution in [0.4, 0.5) is 10.8 Å². The van der Waals surface area contributed by atoms with Gasteiger partial charge in [0.15, 0.2) is 5.13 Å². The van der Waals surface area contributed by atoms with Crippen LogP contribution in [0, 0.1) is 6.92 Å². The van der Waals surface area contributed by atoms with Crippen LogP contribution in [0.15, 0.2) is 30.5 Å². The Labute approximate surface area is 109 Å². The lowest BCUT2D eigenvalue weighted by molar-refractivity contribution is 1.10. The Morgan fingerprint density at radius 1 is 1.39 bits per heavy atom. The second-order valence-electron chi connectivity index (χ2n) is 4.13. The molecule has 2 heterocycles. The van der Waals surface area contributed by atoms with Crippen molar-refractivity contribution in [2.75, 3.05) is 5.32 Å². The number of rotatable bonds is 3. The number of fused-ring (bicyclic) bond motifs is 1. The summed E-state index contributed by atoms with van der Waals surface area (Å²) in [6, 6.07) is 8.23. The summed E-state index contributed by atoms with van der Waals surface area (Å²) >= 11 is 1.59. The SMILES string of the molecule is Cc1[nH]c2ccccc2c1Nc1ncc(CN)s1. The Bertz CT molecular complexity index is 683. The summed E-state index contributed by atoms with van der Waals surface area (Å²) in [5.41, 5.74) is 8.92. The average Bonchev–Trinajstić information content (AvgIpc) is 2.96. The molecule has 0 saturated carbocycles. The summed E-state index contributed by atoms with van der Waals surface area (Å²) in [5, 5.41) is 5.43. The fourth-order valence-electron chi connectivity index (χ4n) is 2.00. The number of aromatic nitrogens is 2. The fourth-order valence-corrected chi connectivity index (χ4v) is 2.70. The van der Waals surface area contributed by atoms with Crippen LogP contribution in [0.25, 0.3) is 10.9 Å². The number of nitrogens with two attached hydrogens (primary N) is 1. The number of para-hydroxylation sites is 1. The molecule has 0 fully saturated rings. The number of anilines is 2. The Hall–Kier alpha value is -1.85. The van der Waals surface area contributed by atoms with Crippen LogP contribution in [-0.2, 0) is 6.54 Å². The second kappa shape index (κ2) is 4.44. The van der Waals surface area contributed by atoms with Gasteiger partial charge in [-0.25, -0.2) is 4.98 Å². The van der Waals surface area contributed by atoms with Gasteiger partial charge in [-0.3, -0.25) is 0 Å². The smallest absolute Gasteiger partial charge is 0.187 e. The molecule has 3 aromatic rings. The predicted molar refractivity (Wildman–Crippen MR) is 76.3 cm³/mol. The molecule has 1 aromatic carbocycles. The van der Waals surface area contributed by atoms with Crippen molar-refractivity contribution in [3.8, 4) is 0 Å². The van der Waals surface area contributed by atoms with E-state index in [0.29, 0.717) is 6.54 Å². The third kappa shape index (κ3) is 1.87. The van der Waals surface area contributed by atoms with E-state index in [2.05, 4.69) is 34.3 Å². The van der Waals surface area contributed by atoms with E-state index in [-0.39, 0.29) is 0 Å². The summed E-state index contributed by atoms with van der Waals surface area (Å²) in [6.45, 7) is 2.59. The van der Waals surface area contributed by atoms with Crippen LogP contribution in [-0.4, -0.2) is 9.97 Å². The lowest BCUT2D eigenvalue weighted by Crippen LogP contribution is -1.91. The highest BCUT2D eigenvalue weighted by Crippen LogP contribution is 2.31. The molecule has 4 N–H and O–H groups in total. The molecule has 0 saturated heterocycles. The molecule has 0 atom stereocenters. The Morgan fingerprint density at radius 3 is 3.00 bits per heavy atom. The van der Waals surface area contributed by atoms with E-state index >= 15 is 0 Å². The van der Waals surface area contributed by atoms with E-state index in [4.69, 9.17) is 5.73 Å². The zero-order valence-corrected chi connectivity index (χ0v) is 10.8. The van der Waals surface area contributed by atoms with Gasteiger partial charge in [-0.05, 0) is 13.0 Å². The van der Waals surface area contributed by atoms with E-state index in [9.17, 15) is 0 Å². The number of aromatic amines is 1. The van der Waals surface area contributed by atoms with E-state index < -0.39 is 0 Å². The van der Waals surface area contributed by atoms with Crippen LogP contribution < -0.4 is 11.1 Å². The summed E-state index contributed by atoms with van der Waals surface area (Å²) in [5.74, 6) is 0. The van der Waals surface area contributed by atoms with Crippen molar-refractivity contribution in [3.05, 3.63) is 41.0 Å². The molecule has 0 amide bonds. The normalized spacial score (nSPS) is 11.0. The largest absolute Gasteiger partial charge is 0.357 e. The van der Waals surface area contributed by atoms with Gasteiger partial charge in [0, 0.05) is 34.2 Å². The molecule has 0 unspecified atom stereocenters. The quantitative estimate of drug-likeness (QED) is 0.676. The van der Waals surface area contributed by atoms with Gasteiger partial charge in [0.25, 0.3) is 0 Å². The Morgan fingerprint density at radius 2 is 2.22 bits per heavy atom. The number of benzene rings is 1. The number of H-pyrrole nitrogens is 1. The first kappa shape index (κ1) is 11.3. The molecular weight excluding hydrogens is 244 g/mol. The van der Waals surface area contributed by atoms with Crippen molar-refractivity contribution in [2.45, 2.75) is 13.5 Å². The first-order valence-electron chi connectivity index (χ1n) is 5.77. The molecule has 0 spiro atoms. The number of hydrogen-bond donors (Lipinski definition) is 3. The maximum atomic E-state index is 5.59. The standard InChI is InChI=1S/C13H14N4S/c1-8-12(10-4-2-3-5-11(10)16-8)17-13-15-7-9(6-14)18-13/h2-5,7,16H,6,14H2,1H3,(H,15,17). The minimum absolute atomic E-state index is 0.534. The number of aryl methyl sites for hydroxylation is 1. The third-order valence-electron chi connectivity index (χ3n) is 2.88. The van der Waals surface area contributed by atoms with E-state index in [1.165, 1.54) is 5.39 Å². The lowest BCUT2D eigenvalue weighted by atomic mass is 10.2. The highest BCUT2D eigenvalue weighted by atomic mass is 32.1. The summed E-state index contributed by atoms with van der Waals surface area (Å²) in [6.07, 6.45) is 1.82. The van der Waals surface area contributed by atoms with Gasteiger partial charge in [0.2, 0.25) is 0 Å². The van der Waals surface area contributed by atoms with Crippen molar-refractivity contribution in [1.82, 2.24) is 9.97 Å². The van der Waals surface area contributed by atoms with E-state index in [1.807, 2.05) is 18.3 Å². The number of hydrogen-bond acceptors (Lipinski definition) is 4. The molecule has 0 aliphatic rings. The second-order valence-corrected chi connectivity index (χ2v) is 5.25. The Kier molecular flexibility index (Phi) is 2.77. The monoisotopic (exact) mass is 258 g/mol. The van der Waals surface area contributed by atoms with Crippen LogP contribution in [0.2, 0.25) is 0 Å². The molecule has 0 aliphatic heterocycles. The molecule has 2 aromatic heterocycles. The maximum absolute atomic E-state index is 5.59. The van der Waals surface area contributed by atoms with Gasteiger partial charge in [0.1, 0.15) is 0 Å². The minimum Gasteiger partial charge on any atom is -0.357 e. The highest BCUT2D eigenvalue weighted by molar-refractivity contribution is 7.15. The number of nitrogens with one attached hydrogen (secondary N) is 2. The summed E-state index contributed by atoms with van der Waals surface area (Å²) in [4.78, 5) is 8.76. The highest BCUT2D eigenvalue weighted by Gasteiger charge is 2.09. The Balaban J connectivity index is 2.01. The maximum Gasteiger partial charge on any atom is 0.187 e. The van der Waals surface area contributed by atoms with Crippen molar-refractivity contribution >= 4 is 33.1 Å². The first-order chi connectivity index (χ1) is 8.78. The average molecular weight is 258 g/mol. The van der Waals surface area contributed by atoms with E-state index in [1.54, 1.807) is 11.3 Å². The van der Waals surface area contributed by atoms with Crippen molar-refractivity contribution in [3.63, 3.8) is 0 Å². The van der Waals surface area contributed by atoms with Crippen molar-refractivity contribution < 1.29 is 0 Å². The van der Waals surface area contributed by atoms with E-state index in [0.717, 1.165) is 26.9 Å². The molecular formula is C13H14N4S. The topological polar surface area (TPSA) is 66.7 Å². The lowest BCUT2D eigenvalue weighted by Gasteiger charge is -2.02. The van der Waals surface area contributed by atoms with Gasteiger partial charge >= 0.3 is 0 Å². The molecule has 0 radical (unpaired) electrons. The minimum atomic E-state index is 0.534. The predicted octanol–water partition coefficient (Wildman–Crippen LogP) is 3.14. The number of thiazole rings is 1. The van der Waals surface area contributed by atoms with Crippen LogP contribution >= 0.6 is 11.3 Å². The van der Waals surface area contributed by atoms with Crippen molar-refractivity contribution in [1.29, 1.82) is 0 Å². The van der Waals surface area contributed by atoms with Gasteiger partial charge in [0.05, 0.1) is 5.69 Å². The molecule has 3 rings (SSSR count). The third-order valence-corrected chi connectivity index (χ3v) is 3.82. The molecule has 0 bridgehead atoms. The molecule has 18 heavy (non-hydrogen) atoms. The van der Waals surface area contributed by atoms with Gasteiger partial charge in [-0.1, -0.05) is 18.2 Å². The van der Waals surface area contributed by atoms with Crippen LogP contribution in [0.5, 0.6) is 0 Å². The van der Waals surface area contributed by atoms with Crippen LogP contribution in [0.1, 0.15) is 10.6 Å². The number of nitrogens with zero attached hydrogens (tertiary/aromatic N) is 1. The zero-order chi connectivity index (χ0) is 12.5. The van der Waals surface area contributed by atoms with Gasteiger partial charge in [-0.2, -0.15) is 0 Å². The molecule has 4 nitrogen and oxygen atoms in total. The summed E-state index contributed by atoms with van der Waals surface area (Å²) < 4.78 is 0. The fraction of sp³-hybridized carbons (Fsp3) is 0.154. The van der Waals surface area contributed by atoms with Gasteiger partial charge in [-0.15, -0.1) is 11.3 Å². The summed E-state index contributed by atoms with van der Waals surface area (Å²) in [7, 11) is 0. The van der Waals surface area contributed by atoms with Crippen molar-refractivity contribution in [2.24, 2.45) is 5.73 Å². The van der Waals surface area contributed by atoms with Crippen LogP contribution in [0.3, 0.4) is 0 Å². The first-order valence-corrected chi connectivity index (χ1v) is 6.58.